The number of amides is 1. The van der Waals surface area contributed by atoms with Crippen molar-refractivity contribution in [2.75, 3.05) is 32.7 Å². The van der Waals surface area contributed by atoms with Crippen LogP contribution in [0.5, 0.6) is 0 Å². The Bertz CT molecular complexity index is 1140. The minimum atomic E-state index is 0.178. The number of rotatable bonds is 3. The van der Waals surface area contributed by atoms with Crippen molar-refractivity contribution in [2.24, 2.45) is 11.1 Å². The van der Waals surface area contributed by atoms with Crippen LogP contribution in [0, 0.1) is 5.92 Å². The van der Waals surface area contributed by atoms with Gasteiger partial charge in [0.05, 0.1) is 18.0 Å². The van der Waals surface area contributed by atoms with E-state index < -0.39 is 0 Å². The number of benzene rings is 1. The molecule has 1 amide bonds. The third kappa shape index (κ3) is 5.45. The van der Waals surface area contributed by atoms with Crippen LogP contribution in [0.25, 0.3) is 0 Å². The number of hydrogen-bond donors (Lipinski definition) is 1. The number of hydrogen-bond acceptors (Lipinski definition) is 5. The molecule has 1 aromatic carbocycles. The molecule has 1 aromatic heterocycles. The topological polar surface area (TPSA) is 69.0 Å². The molecular formula is C26H29Br2ClN4O2. The van der Waals surface area contributed by atoms with E-state index in [0.29, 0.717) is 12.5 Å². The van der Waals surface area contributed by atoms with Gasteiger partial charge in [-0.15, -0.1) is 0 Å². The van der Waals surface area contributed by atoms with Gasteiger partial charge in [-0.05, 0) is 82.4 Å². The van der Waals surface area contributed by atoms with Crippen LogP contribution in [0.15, 0.2) is 38.5 Å². The maximum absolute atomic E-state index is 13.0. The highest BCUT2D eigenvalue weighted by Crippen LogP contribution is 2.46. The molecule has 0 spiro atoms. The number of oxime groups is 1. The highest BCUT2D eigenvalue weighted by Gasteiger charge is 2.36. The molecule has 1 N–H and O–H groups in total. The second-order valence-electron chi connectivity index (χ2n) is 9.80. The lowest BCUT2D eigenvalue weighted by Gasteiger charge is -2.38. The van der Waals surface area contributed by atoms with Crippen LogP contribution in [0.3, 0.4) is 0 Å². The molecule has 35 heavy (non-hydrogen) atoms. The van der Waals surface area contributed by atoms with E-state index in [-0.39, 0.29) is 11.8 Å². The van der Waals surface area contributed by atoms with Crippen LogP contribution >= 0.6 is 43.5 Å². The molecule has 3 heterocycles. The molecule has 2 saturated heterocycles. The molecular weight excluding hydrogens is 596 g/mol. The Morgan fingerprint density at radius 2 is 1.77 bits per heavy atom. The van der Waals surface area contributed by atoms with Crippen molar-refractivity contribution in [3.8, 4) is 0 Å². The quantitative estimate of drug-likeness (QED) is 0.354. The minimum absolute atomic E-state index is 0.178. The van der Waals surface area contributed by atoms with Gasteiger partial charge in [0.2, 0.25) is 5.91 Å². The first-order chi connectivity index (χ1) is 16.9. The van der Waals surface area contributed by atoms with Gasteiger partial charge in [-0.2, -0.15) is 0 Å². The van der Waals surface area contributed by atoms with Crippen LogP contribution < -0.4 is 0 Å². The lowest BCUT2D eigenvalue weighted by molar-refractivity contribution is -0.133. The third-order valence-corrected chi connectivity index (χ3v) is 9.02. The molecule has 186 valence electrons. The van der Waals surface area contributed by atoms with Gasteiger partial charge < -0.3 is 10.1 Å². The largest absolute Gasteiger partial charge is 0.411 e. The average Bonchev–Trinajstić information content (AvgIpc) is 3.01. The van der Waals surface area contributed by atoms with Crippen LogP contribution in [0.2, 0.25) is 5.02 Å². The van der Waals surface area contributed by atoms with E-state index in [4.69, 9.17) is 21.8 Å². The van der Waals surface area contributed by atoms with E-state index in [2.05, 4.69) is 54.0 Å². The van der Waals surface area contributed by atoms with E-state index in [1.54, 1.807) is 0 Å². The van der Waals surface area contributed by atoms with Crippen LogP contribution in [0.1, 0.15) is 54.0 Å². The molecule has 0 bridgehead atoms. The van der Waals surface area contributed by atoms with Gasteiger partial charge in [-0.1, -0.05) is 32.7 Å². The lowest BCUT2D eigenvalue weighted by Crippen LogP contribution is -2.46. The number of carbonyl (C=O) groups excluding carboxylic acids is 1. The summed E-state index contributed by atoms with van der Waals surface area (Å²) in [6, 6.07) is 6.32. The Balaban J connectivity index is 1.33. The summed E-state index contributed by atoms with van der Waals surface area (Å²) in [5.41, 5.74) is 5.87. The summed E-state index contributed by atoms with van der Waals surface area (Å²) >= 11 is 13.9. The number of fused-ring (bicyclic) bond motifs is 2. The highest BCUT2D eigenvalue weighted by atomic mass is 79.9. The molecule has 5 rings (SSSR count). The van der Waals surface area contributed by atoms with Crippen molar-refractivity contribution < 1.29 is 10.0 Å². The predicted molar refractivity (Wildman–Crippen MR) is 145 cm³/mol. The lowest BCUT2D eigenvalue weighted by atomic mass is 9.76. The van der Waals surface area contributed by atoms with Crippen molar-refractivity contribution in [3.63, 3.8) is 0 Å². The summed E-state index contributed by atoms with van der Waals surface area (Å²) in [5, 5.41) is 13.0. The minimum Gasteiger partial charge on any atom is -0.411 e. The number of pyridine rings is 1. The van der Waals surface area contributed by atoms with Crippen LogP contribution in [0.4, 0.5) is 0 Å². The molecule has 0 radical (unpaired) electrons. The number of piperidine rings is 2. The molecule has 3 aliphatic rings. The molecule has 1 unspecified atom stereocenters. The average molecular weight is 625 g/mol. The van der Waals surface area contributed by atoms with E-state index in [1.807, 2.05) is 17.2 Å². The van der Waals surface area contributed by atoms with Crippen LogP contribution in [-0.4, -0.2) is 64.3 Å². The fraction of sp³-hybridized carbons (Fsp3) is 0.500. The van der Waals surface area contributed by atoms with E-state index in [1.165, 1.54) is 16.7 Å². The zero-order chi connectivity index (χ0) is 24.5. The van der Waals surface area contributed by atoms with Crippen molar-refractivity contribution >= 4 is 55.1 Å². The highest BCUT2D eigenvalue weighted by molar-refractivity contribution is 9.10. The first-order valence-electron chi connectivity index (χ1n) is 12.2. The maximum atomic E-state index is 13.0. The van der Waals surface area contributed by atoms with Crippen molar-refractivity contribution in [3.05, 3.63) is 60.7 Å². The van der Waals surface area contributed by atoms with Crippen molar-refractivity contribution in [1.82, 2.24) is 14.8 Å². The molecule has 2 aliphatic heterocycles. The SMILES string of the molecule is O=C(CN1CCC(=NO)CC1)N1CCC(C2c3ncc(Br)cc3CCc3cc(Cl)cc(Br)c32)CC1. The molecule has 1 atom stereocenters. The summed E-state index contributed by atoms with van der Waals surface area (Å²) in [5.74, 6) is 0.779. The molecule has 6 nitrogen and oxygen atoms in total. The summed E-state index contributed by atoms with van der Waals surface area (Å²) in [7, 11) is 0. The normalized spacial score (nSPS) is 21.3. The Labute approximate surface area is 228 Å². The van der Waals surface area contributed by atoms with E-state index in [9.17, 15) is 4.79 Å². The fourth-order valence-electron chi connectivity index (χ4n) is 5.87. The second kappa shape index (κ2) is 10.9. The number of likely N-dealkylation sites (tertiary alicyclic amines) is 2. The number of aryl methyl sites for hydroxylation is 2. The summed E-state index contributed by atoms with van der Waals surface area (Å²) in [6.45, 7) is 3.52. The number of nitrogens with zero attached hydrogens (tertiary/aromatic N) is 4. The van der Waals surface area contributed by atoms with Crippen molar-refractivity contribution in [2.45, 2.75) is 44.4 Å². The third-order valence-electron chi connectivity index (χ3n) is 7.71. The molecule has 1 aliphatic carbocycles. The summed E-state index contributed by atoms with van der Waals surface area (Å²) in [6.07, 6.45) is 7.14. The van der Waals surface area contributed by atoms with Crippen LogP contribution in [-0.2, 0) is 17.6 Å². The fourth-order valence-corrected chi connectivity index (χ4v) is 7.37. The van der Waals surface area contributed by atoms with Gasteiger partial charge in [0.1, 0.15) is 0 Å². The van der Waals surface area contributed by atoms with Gasteiger partial charge in [-0.25, -0.2) is 0 Å². The Morgan fingerprint density at radius 1 is 1.06 bits per heavy atom. The zero-order valence-corrected chi connectivity index (χ0v) is 23.4. The number of carbonyl (C=O) groups is 1. The molecule has 0 saturated carbocycles. The Kier molecular flexibility index (Phi) is 7.82. The smallest absolute Gasteiger partial charge is 0.236 e. The number of aromatic nitrogens is 1. The monoisotopic (exact) mass is 622 g/mol. The van der Waals surface area contributed by atoms with Crippen molar-refractivity contribution in [1.29, 1.82) is 0 Å². The van der Waals surface area contributed by atoms with E-state index >= 15 is 0 Å². The maximum Gasteiger partial charge on any atom is 0.236 e. The Hall–Kier alpha value is -1.48. The van der Waals surface area contributed by atoms with Gasteiger partial charge in [-0.3, -0.25) is 14.7 Å². The summed E-state index contributed by atoms with van der Waals surface area (Å²) in [4.78, 5) is 22.2. The standard InChI is InChI=1S/C26H29Br2ClN4O2/c27-19-11-18-2-1-17-12-20(29)13-22(28)24(17)25(26(18)30-14-19)16-3-9-33(10-4-16)23(34)15-32-7-5-21(31-35)6-8-32/h11-14,16,25,35H,1-10,15H2. The first-order valence-corrected chi connectivity index (χ1v) is 14.2. The predicted octanol–water partition coefficient (Wildman–Crippen LogP) is 5.66. The summed E-state index contributed by atoms with van der Waals surface area (Å²) < 4.78 is 2.06. The second-order valence-corrected chi connectivity index (χ2v) is 12.0. The van der Waals surface area contributed by atoms with E-state index in [0.717, 1.165) is 90.1 Å². The zero-order valence-electron chi connectivity index (χ0n) is 19.5. The van der Waals surface area contributed by atoms with Gasteiger partial charge >= 0.3 is 0 Å². The van der Waals surface area contributed by atoms with Gasteiger partial charge in [0.25, 0.3) is 0 Å². The van der Waals surface area contributed by atoms with Gasteiger partial charge in [0, 0.05) is 65.1 Å². The number of halogens is 3. The molecule has 2 fully saturated rings. The molecule has 2 aromatic rings. The molecule has 9 heteroatoms. The Morgan fingerprint density at radius 3 is 2.49 bits per heavy atom. The van der Waals surface area contributed by atoms with Gasteiger partial charge in [0.15, 0.2) is 0 Å². The first kappa shape index (κ1) is 25.2.